The number of hydrogen-bond donors (Lipinski definition) is 1. The molecule has 5 aromatic rings. The number of imidazole rings is 1. The molecule has 43 heavy (non-hydrogen) atoms. The first-order chi connectivity index (χ1) is 21.0. The number of nitrogens with one attached hydrogen (secondary N) is 1. The van der Waals surface area contributed by atoms with Crippen LogP contribution in [0.25, 0.3) is 22.2 Å². The van der Waals surface area contributed by atoms with Crippen LogP contribution in [0.5, 0.6) is 0 Å². The van der Waals surface area contributed by atoms with Crippen molar-refractivity contribution in [2.75, 3.05) is 19.7 Å². The largest absolute Gasteiger partial charge is 0.472 e. The van der Waals surface area contributed by atoms with Crippen LogP contribution in [0.2, 0.25) is 0 Å². The zero-order valence-corrected chi connectivity index (χ0v) is 23.9. The number of likely N-dealkylation sites (tertiary alicyclic amines) is 1. The van der Waals surface area contributed by atoms with E-state index >= 15 is 0 Å². The molecule has 2 aromatic heterocycles. The van der Waals surface area contributed by atoms with Crippen LogP contribution in [0.4, 0.5) is 0 Å². The summed E-state index contributed by atoms with van der Waals surface area (Å²) in [7, 11) is 0. The minimum absolute atomic E-state index is 0.0731. The highest BCUT2D eigenvalue weighted by Crippen LogP contribution is 2.24. The average molecular weight is 577 g/mol. The lowest BCUT2D eigenvalue weighted by molar-refractivity contribution is 0.0526. The van der Waals surface area contributed by atoms with Crippen LogP contribution >= 0.6 is 0 Å². The van der Waals surface area contributed by atoms with Crippen molar-refractivity contribution in [3.8, 4) is 11.1 Å². The Balaban J connectivity index is 1.24. The molecule has 6 rings (SSSR count). The molecule has 1 saturated heterocycles. The SMILES string of the molecule is CCOC(=O)c1ccc2nc(C(=O)NC3CCN(C(=O)c4ccoc4)CC3)n(Cc3ccc(-c4ccccc4)cc3)c2c1. The lowest BCUT2D eigenvalue weighted by Gasteiger charge is -2.32. The van der Waals surface area contributed by atoms with Gasteiger partial charge < -0.3 is 23.9 Å². The summed E-state index contributed by atoms with van der Waals surface area (Å²) >= 11 is 0. The number of hydrogen-bond acceptors (Lipinski definition) is 6. The number of furan rings is 1. The maximum absolute atomic E-state index is 13.7. The summed E-state index contributed by atoms with van der Waals surface area (Å²) < 4.78 is 12.1. The van der Waals surface area contributed by atoms with Crippen LogP contribution in [0.1, 0.15) is 56.7 Å². The quantitative estimate of drug-likeness (QED) is 0.243. The number of benzene rings is 3. The summed E-state index contributed by atoms with van der Waals surface area (Å²) in [5.41, 5.74) is 5.41. The van der Waals surface area contributed by atoms with E-state index in [0.717, 1.165) is 16.7 Å². The van der Waals surface area contributed by atoms with Crippen molar-refractivity contribution >= 4 is 28.8 Å². The fourth-order valence-corrected chi connectivity index (χ4v) is 5.46. The molecular formula is C34H32N4O5. The van der Waals surface area contributed by atoms with E-state index in [9.17, 15) is 14.4 Å². The summed E-state index contributed by atoms with van der Waals surface area (Å²) in [6, 6.07) is 25.0. The van der Waals surface area contributed by atoms with E-state index < -0.39 is 5.97 Å². The average Bonchev–Trinajstić information content (AvgIpc) is 3.71. The van der Waals surface area contributed by atoms with Crippen molar-refractivity contribution in [1.29, 1.82) is 0 Å². The Morgan fingerprint density at radius 1 is 0.930 bits per heavy atom. The number of esters is 1. The van der Waals surface area contributed by atoms with Gasteiger partial charge in [-0.25, -0.2) is 9.78 Å². The van der Waals surface area contributed by atoms with Crippen molar-refractivity contribution in [2.45, 2.75) is 32.4 Å². The molecular weight excluding hydrogens is 544 g/mol. The maximum Gasteiger partial charge on any atom is 0.338 e. The van der Waals surface area contributed by atoms with Crippen molar-refractivity contribution in [3.05, 3.63) is 114 Å². The highest BCUT2D eigenvalue weighted by molar-refractivity contribution is 5.98. The molecule has 1 aliphatic rings. The number of rotatable bonds is 8. The van der Waals surface area contributed by atoms with Crippen molar-refractivity contribution < 1.29 is 23.5 Å². The first kappa shape index (κ1) is 28.0. The summed E-state index contributed by atoms with van der Waals surface area (Å²) in [5.74, 6) is -0.530. The van der Waals surface area contributed by atoms with Crippen LogP contribution in [-0.2, 0) is 11.3 Å². The first-order valence-electron chi connectivity index (χ1n) is 14.4. The Labute approximate surface area is 249 Å². The van der Waals surface area contributed by atoms with Crippen LogP contribution in [0, 0.1) is 0 Å². The third-order valence-corrected chi connectivity index (χ3v) is 7.75. The van der Waals surface area contributed by atoms with Crippen molar-refractivity contribution in [2.24, 2.45) is 0 Å². The number of amides is 2. The summed E-state index contributed by atoms with van der Waals surface area (Å²) in [6.45, 7) is 3.48. The third kappa shape index (κ3) is 6.06. The zero-order valence-electron chi connectivity index (χ0n) is 23.9. The number of fused-ring (bicyclic) bond motifs is 1. The summed E-state index contributed by atoms with van der Waals surface area (Å²) in [4.78, 5) is 45.3. The molecule has 3 aromatic carbocycles. The Hall–Kier alpha value is -5.18. The maximum atomic E-state index is 13.7. The molecule has 218 valence electrons. The van der Waals surface area contributed by atoms with Crippen molar-refractivity contribution in [3.63, 3.8) is 0 Å². The molecule has 9 heteroatoms. The molecule has 0 atom stereocenters. The van der Waals surface area contributed by atoms with Gasteiger partial charge in [0.15, 0.2) is 5.82 Å². The van der Waals surface area contributed by atoms with E-state index in [2.05, 4.69) is 34.6 Å². The second-order valence-corrected chi connectivity index (χ2v) is 10.6. The molecule has 1 N–H and O–H groups in total. The minimum atomic E-state index is -0.424. The molecule has 0 saturated carbocycles. The van der Waals surface area contributed by atoms with E-state index in [1.54, 1.807) is 36.1 Å². The molecule has 9 nitrogen and oxygen atoms in total. The second kappa shape index (κ2) is 12.4. The number of ether oxygens (including phenoxy) is 1. The molecule has 0 radical (unpaired) electrons. The molecule has 0 bridgehead atoms. The Kier molecular flexibility index (Phi) is 8.04. The fourth-order valence-electron chi connectivity index (χ4n) is 5.46. The lowest BCUT2D eigenvalue weighted by atomic mass is 10.0. The van der Waals surface area contributed by atoms with E-state index in [1.165, 1.54) is 12.5 Å². The van der Waals surface area contributed by atoms with Crippen LogP contribution in [-0.4, -0.2) is 58.0 Å². The minimum Gasteiger partial charge on any atom is -0.472 e. The molecule has 0 spiro atoms. The van der Waals surface area contributed by atoms with E-state index in [-0.39, 0.29) is 30.3 Å². The normalized spacial score (nSPS) is 13.7. The summed E-state index contributed by atoms with van der Waals surface area (Å²) in [5, 5.41) is 3.13. The van der Waals surface area contributed by atoms with Gasteiger partial charge in [0.25, 0.3) is 11.8 Å². The molecule has 0 unspecified atom stereocenters. The second-order valence-electron chi connectivity index (χ2n) is 10.6. The highest BCUT2D eigenvalue weighted by Gasteiger charge is 2.27. The van der Waals surface area contributed by atoms with Crippen LogP contribution in [0.15, 0.2) is 95.8 Å². The summed E-state index contributed by atoms with van der Waals surface area (Å²) in [6.07, 6.45) is 4.19. The molecule has 1 fully saturated rings. The van der Waals surface area contributed by atoms with Gasteiger partial charge in [-0.05, 0) is 60.7 Å². The smallest absolute Gasteiger partial charge is 0.338 e. The molecule has 1 aliphatic heterocycles. The standard InChI is InChI=1S/C34H32N4O5/c1-2-43-34(41)26-12-13-29-30(20-26)38(21-23-8-10-25(11-9-23)24-6-4-3-5-7-24)31(36-29)32(39)35-28-14-17-37(18-15-28)33(40)27-16-19-42-22-27/h3-13,16,19-20,22,28H,2,14-15,17-18,21H2,1H3,(H,35,39). The molecule has 0 aliphatic carbocycles. The number of nitrogens with zero attached hydrogens (tertiary/aromatic N) is 3. The predicted molar refractivity (Wildman–Crippen MR) is 162 cm³/mol. The van der Waals surface area contributed by atoms with Gasteiger partial charge >= 0.3 is 5.97 Å². The lowest BCUT2D eigenvalue weighted by Crippen LogP contribution is -2.47. The Morgan fingerprint density at radius 2 is 1.67 bits per heavy atom. The number of piperidine rings is 1. The first-order valence-corrected chi connectivity index (χ1v) is 14.4. The predicted octanol–water partition coefficient (Wildman–Crippen LogP) is 5.56. The van der Waals surface area contributed by atoms with Gasteiger partial charge in [-0.2, -0.15) is 0 Å². The highest BCUT2D eigenvalue weighted by atomic mass is 16.5. The van der Waals surface area contributed by atoms with Crippen LogP contribution < -0.4 is 5.32 Å². The Bertz CT molecular complexity index is 1740. The van der Waals surface area contributed by atoms with Gasteiger partial charge in [-0.15, -0.1) is 0 Å². The topological polar surface area (TPSA) is 107 Å². The van der Waals surface area contributed by atoms with E-state index in [4.69, 9.17) is 9.15 Å². The van der Waals surface area contributed by atoms with E-state index in [0.29, 0.717) is 54.6 Å². The Morgan fingerprint density at radius 3 is 2.37 bits per heavy atom. The number of carbonyl (C=O) groups excluding carboxylic acids is 3. The molecule has 3 heterocycles. The van der Waals surface area contributed by atoms with Crippen molar-refractivity contribution in [1.82, 2.24) is 19.8 Å². The van der Waals surface area contributed by atoms with Gasteiger partial charge in [-0.3, -0.25) is 9.59 Å². The van der Waals surface area contributed by atoms with E-state index in [1.807, 2.05) is 34.9 Å². The molecule has 2 amide bonds. The van der Waals surface area contributed by atoms with Gasteiger partial charge in [0.05, 0.1) is 35.0 Å². The number of carbonyl (C=O) groups is 3. The van der Waals surface area contributed by atoms with Crippen LogP contribution in [0.3, 0.4) is 0 Å². The fraction of sp³-hybridized carbons (Fsp3) is 0.235. The van der Waals surface area contributed by atoms with Gasteiger partial charge in [0.1, 0.15) is 6.26 Å². The number of aromatic nitrogens is 2. The van der Waals surface area contributed by atoms with Gasteiger partial charge in [0.2, 0.25) is 0 Å². The zero-order chi connectivity index (χ0) is 29.8. The monoisotopic (exact) mass is 576 g/mol. The van der Waals surface area contributed by atoms with Gasteiger partial charge in [-0.1, -0.05) is 54.6 Å². The van der Waals surface area contributed by atoms with Gasteiger partial charge in [0, 0.05) is 25.7 Å². The third-order valence-electron chi connectivity index (χ3n) is 7.75.